The highest BCUT2D eigenvalue weighted by Gasteiger charge is 2.65. The number of ketones is 3. The van der Waals surface area contributed by atoms with Crippen molar-refractivity contribution in [1.29, 1.82) is 0 Å². The van der Waals surface area contributed by atoms with E-state index in [1.807, 2.05) is 6.92 Å². The monoisotopic (exact) mass is 500 g/mol. The van der Waals surface area contributed by atoms with E-state index in [2.05, 4.69) is 27.7 Å². The number of carbonyl (C=O) groups is 4. The van der Waals surface area contributed by atoms with Gasteiger partial charge in [-0.3, -0.25) is 19.2 Å². The number of fused-ring (bicyclic) bond motifs is 4. The second kappa shape index (κ2) is 8.89. The van der Waals surface area contributed by atoms with Gasteiger partial charge < -0.3 is 10.2 Å². The van der Waals surface area contributed by atoms with Crippen LogP contribution in [0.1, 0.15) is 99.3 Å². The van der Waals surface area contributed by atoms with Gasteiger partial charge in [0.1, 0.15) is 11.6 Å². The van der Waals surface area contributed by atoms with Crippen molar-refractivity contribution in [3.63, 3.8) is 0 Å². The SMILES string of the molecule is C[C@H](CC(=O)C[C@H](C)C(=O)O)[C@H]1CC[C@@]2(C)C3=C(CC[C@]12C)[C@@]1(C)CCC(=O)[C@@](C)(CO)[C@@H]1CC3=O. The average molecular weight is 501 g/mol. The number of aliphatic carboxylic acids is 1. The van der Waals surface area contributed by atoms with E-state index in [-0.39, 0.29) is 64.4 Å². The summed E-state index contributed by atoms with van der Waals surface area (Å²) < 4.78 is 0. The third kappa shape index (κ3) is 3.68. The Morgan fingerprint density at radius 1 is 1.00 bits per heavy atom. The van der Waals surface area contributed by atoms with Crippen molar-refractivity contribution in [2.24, 2.45) is 45.3 Å². The maximum absolute atomic E-state index is 13.9. The van der Waals surface area contributed by atoms with Gasteiger partial charge in [-0.25, -0.2) is 0 Å². The smallest absolute Gasteiger partial charge is 0.306 e. The van der Waals surface area contributed by atoms with Gasteiger partial charge in [0.25, 0.3) is 0 Å². The number of aliphatic hydroxyl groups excluding tert-OH is 1. The molecule has 2 fully saturated rings. The third-order valence-corrected chi connectivity index (χ3v) is 11.7. The van der Waals surface area contributed by atoms with Crippen molar-refractivity contribution in [2.45, 2.75) is 99.3 Å². The summed E-state index contributed by atoms with van der Waals surface area (Å²) in [5.74, 6) is -1.13. The number of hydrogen-bond acceptors (Lipinski definition) is 5. The van der Waals surface area contributed by atoms with Crippen LogP contribution in [0.4, 0.5) is 0 Å². The van der Waals surface area contributed by atoms with Gasteiger partial charge in [0, 0.05) is 36.7 Å². The molecule has 2 N–H and O–H groups in total. The molecular weight excluding hydrogens is 456 g/mol. The van der Waals surface area contributed by atoms with Crippen LogP contribution in [0.5, 0.6) is 0 Å². The van der Waals surface area contributed by atoms with Crippen LogP contribution >= 0.6 is 0 Å². The summed E-state index contributed by atoms with van der Waals surface area (Å²) in [7, 11) is 0. The topological polar surface area (TPSA) is 109 Å². The summed E-state index contributed by atoms with van der Waals surface area (Å²) in [4.78, 5) is 50.7. The predicted molar refractivity (Wildman–Crippen MR) is 136 cm³/mol. The van der Waals surface area contributed by atoms with Crippen LogP contribution in [0.25, 0.3) is 0 Å². The van der Waals surface area contributed by atoms with Crippen molar-refractivity contribution in [1.82, 2.24) is 0 Å². The van der Waals surface area contributed by atoms with E-state index in [9.17, 15) is 29.4 Å². The molecule has 4 aliphatic carbocycles. The lowest BCUT2D eigenvalue weighted by Crippen LogP contribution is -2.57. The second-order valence-corrected chi connectivity index (χ2v) is 13.5. The molecule has 4 aliphatic rings. The maximum Gasteiger partial charge on any atom is 0.306 e. The number of hydrogen-bond donors (Lipinski definition) is 2. The van der Waals surface area contributed by atoms with Crippen molar-refractivity contribution >= 4 is 23.3 Å². The van der Waals surface area contributed by atoms with Gasteiger partial charge in [0.15, 0.2) is 5.78 Å². The molecule has 8 atom stereocenters. The summed E-state index contributed by atoms with van der Waals surface area (Å²) >= 11 is 0. The summed E-state index contributed by atoms with van der Waals surface area (Å²) in [5.41, 5.74) is 0.696. The molecule has 0 bridgehead atoms. The lowest BCUT2D eigenvalue weighted by molar-refractivity contribution is -0.148. The minimum atomic E-state index is -0.938. The molecule has 0 heterocycles. The van der Waals surface area contributed by atoms with E-state index in [0.29, 0.717) is 19.3 Å². The quantitative estimate of drug-likeness (QED) is 0.500. The normalized spacial score (nSPS) is 41.9. The zero-order valence-electron chi connectivity index (χ0n) is 22.9. The number of allylic oxidation sites excluding steroid dienone is 2. The number of rotatable bonds is 7. The lowest BCUT2D eigenvalue weighted by Gasteiger charge is -2.60. The van der Waals surface area contributed by atoms with E-state index in [0.717, 1.165) is 37.7 Å². The Labute approximate surface area is 215 Å². The molecule has 0 aromatic carbocycles. The summed E-state index contributed by atoms with van der Waals surface area (Å²) in [6.45, 7) is 12.1. The fraction of sp³-hybridized carbons (Fsp3) is 0.800. The Kier molecular flexibility index (Phi) is 6.72. The van der Waals surface area contributed by atoms with Crippen molar-refractivity contribution in [3.8, 4) is 0 Å². The summed E-state index contributed by atoms with van der Waals surface area (Å²) in [5, 5.41) is 19.4. The molecule has 0 aromatic rings. The molecule has 0 unspecified atom stereocenters. The van der Waals surface area contributed by atoms with Gasteiger partial charge in [-0.05, 0) is 60.7 Å². The van der Waals surface area contributed by atoms with E-state index in [1.54, 1.807) is 6.92 Å². The van der Waals surface area contributed by atoms with Crippen LogP contribution < -0.4 is 0 Å². The van der Waals surface area contributed by atoms with Gasteiger partial charge in [-0.2, -0.15) is 0 Å². The highest BCUT2D eigenvalue weighted by atomic mass is 16.4. The standard InChI is InChI=1S/C30H44O6/c1-17(13-19(32)14-18(2)26(35)36)20-7-12-30(6)25-21(8-11-29(20,30)5)27(3)10-9-24(34)28(4,16-31)23(27)15-22(25)33/h17-18,20,23,31H,7-16H2,1-6H3,(H,35,36)/t17-,18+,20-,23-,27-,28+,29-,30+/m1/s1. The largest absolute Gasteiger partial charge is 0.481 e. The summed E-state index contributed by atoms with van der Waals surface area (Å²) in [6.07, 6.45) is 5.56. The Morgan fingerprint density at radius 2 is 1.67 bits per heavy atom. The molecule has 0 aromatic heterocycles. The van der Waals surface area contributed by atoms with Crippen LogP contribution in [-0.2, 0) is 19.2 Å². The summed E-state index contributed by atoms with van der Waals surface area (Å²) in [6, 6.07) is 0. The van der Waals surface area contributed by atoms with Gasteiger partial charge >= 0.3 is 5.97 Å². The minimum absolute atomic E-state index is 0.00424. The average Bonchev–Trinajstić information content (AvgIpc) is 3.09. The molecule has 4 rings (SSSR count). The molecule has 0 aliphatic heterocycles. The number of aliphatic hydroxyl groups is 1. The number of carboxylic acids is 1. The Morgan fingerprint density at radius 3 is 2.28 bits per heavy atom. The van der Waals surface area contributed by atoms with E-state index in [1.165, 1.54) is 5.57 Å². The molecule has 2 saturated carbocycles. The van der Waals surface area contributed by atoms with Gasteiger partial charge in [0.05, 0.1) is 17.9 Å². The first-order valence-electron chi connectivity index (χ1n) is 13.8. The molecule has 36 heavy (non-hydrogen) atoms. The maximum atomic E-state index is 13.9. The van der Waals surface area contributed by atoms with Crippen LogP contribution in [0.2, 0.25) is 0 Å². The predicted octanol–water partition coefficient (Wildman–Crippen LogP) is 5.16. The zero-order valence-corrected chi connectivity index (χ0v) is 22.9. The highest BCUT2D eigenvalue weighted by molar-refractivity contribution is 6.01. The van der Waals surface area contributed by atoms with Gasteiger partial charge in [-0.15, -0.1) is 0 Å². The molecule has 0 radical (unpaired) electrons. The van der Waals surface area contributed by atoms with Crippen LogP contribution in [-0.4, -0.2) is 40.1 Å². The Balaban J connectivity index is 1.66. The van der Waals surface area contributed by atoms with Gasteiger partial charge in [0.2, 0.25) is 0 Å². The van der Waals surface area contributed by atoms with Crippen molar-refractivity contribution in [3.05, 3.63) is 11.1 Å². The fourth-order valence-corrected chi connectivity index (χ4v) is 9.17. The second-order valence-electron chi connectivity index (χ2n) is 13.5. The van der Waals surface area contributed by atoms with Gasteiger partial charge in [-0.1, -0.05) is 47.1 Å². The molecule has 0 saturated heterocycles. The van der Waals surface area contributed by atoms with Crippen molar-refractivity contribution < 1.29 is 29.4 Å². The molecule has 0 amide bonds. The molecular formula is C30H44O6. The van der Waals surface area contributed by atoms with Crippen molar-refractivity contribution in [2.75, 3.05) is 6.61 Å². The Bertz CT molecular complexity index is 1030. The fourth-order valence-electron chi connectivity index (χ4n) is 9.17. The molecule has 0 spiro atoms. The first kappa shape index (κ1) is 27.2. The highest BCUT2D eigenvalue weighted by Crippen LogP contribution is 2.71. The number of Topliss-reactive ketones (excluding diaryl/α,β-unsaturated/α-hetero) is 3. The number of carbonyl (C=O) groups excluding carboxylic acids is 3. The Hall–Kier alpha value is -1.82. The van der Waals surface area contributed by atoms with E-state index in [4.69, 9.17) is 0 Å². The van der Waals surface area contributed by atoms with E-state index < -0.39 is 17.3 Å². The van der Waals surface area contributed by atoms with Crippen LogP contribution in [0, 0.1) is 45.3 Å². The minimum Gasteiger partial charge on any atom is -0.481 e. The molecule has 200 valence electrons. The first-order valence-corrected chi connectivity index (χ1v) is 13.8. The number of carboxylic acid groups (broad SMARTS) is 1. The third-order valence-electron chi connectivity index (χ3n) is 11.7. The first-order chi connectivity index (χ1) is 16.7. The molecule has 6 heteroatoms. The van der Waals surface area contributed by atoms with Crippen LogP contribution in [0.15, 0.2) is 11.1 Å². The molecule has 6 nitrogen and oxygen atoms in total. The van der Waals surface area contributed by atoms with E-state index >= 15 is 0 Å². The lowest BCUT2D eigenvalue weighted by atomic mass is 9.43. The van der Waals surface area contributed by atoms with Crippen LogP contribution in [0.3, 0.4) is 0 Å². The zero-order chi connectivity index (χ0) is 26.8.